The highest BCUT2D eigenvalue weighted by molar-refractivity contribution is 7.92. The van der Waals surface area contributed by atoms with E-state index in [1.807, 2.05) is 17.0 Å². The van der Waals surface area contributed by atoms with Gasteiger partial charge in [-0.05, 0) is 54.7 Å². The van der Waals surface area contributed by atoms with Crippen molar-refractivity contribution in [3.8, 4) is 5.75 Å². The Morgan fingerprint density at radius 3 is 2.55 bits per heavy atom. The van der Waals surface area contributed by atoms with E-state index in [0.717, 1.165) is 44.5 Å². The molecule has 2 aliphatic heterocycles. The second-order valence-electron chi connectivity index (χ2n) is 9.50. The Balaban J connectivity index is 1.24. The summed E-state index contributed by atoms with van der Waals surface area (Å²) in [6.07, 6.45) is 4.27. The van der Waals surface area contributed by atoms with Crippen LogP contribution in [0.2, 0.25) is 0 Å². The molecular weight excluding hydrogens is 500 g/mol. The van der Waals surface area contributed by atoms with Gasteiger partial charge in [-0.15, -0.1) is 0 Å². The number of ether oxygens (including phenoxy) is 1. The Bertz CT molecular complexity index is 1430. The number of sulfonamides is 1. The first kappa shape index (κ1) is 25.9. The number of para-hydroxylation sites is 1. The maximum atomic E-state index is 13.3. The second-order valence-corrected chi connectivity index (χ2v) is 11.2. The van der Waals surface area contributed by atoms with E-state index in [1.165, 1.54) is 12.7 Å². The highest BCUT2D eigenvalue weighted by Crippen LogP contribution is 2.34. The minimum absolute atomic E-state index is 0.0908. The van der Waals surface area contributed by atoms with Gasteiger partial charge >= 0.3 is 0 Å². The van der Waals surface area contributed by atoms with Crippen LogP contribution in [0.25, 0.3) is 0 Å². The van der Waals surface area contributed by atoms with Gasteiger partial charge in [0.2, 0.25) is 0 Å². The lowest BCUT2D eigenvalue weighted by molar-refractivity contribution is 0.0638. The average molecular weight is 533 g/mol. The zero-order chi connectivity index (χ0) is 26.5. The molecule has 1 fully saturated rings. The van der Waals surface area contributed by atoms with Crippen molar-refractivity contribution in [2.75, 3.05) is 44.6 Å². The number of carbonyl (C=O) groups is 1. The van der Waals surface area contributed by atoms with Crippen LogP contribution in [0.5, 0.6) is 5.75 Å². The fourth-order valence-electron chi connectivity index (χ4n) is 4.91. The maximum Gasteiger partial charge on any atom is 0.264 e. The van der Waals surface area contributed by atoms with Crippen molar-refractivity contribution < 1.29 is 17.9 Å². The van der Waals surface area contributed by atoms with Gasteiger partial charge in [-0.1, -0.05) is 42.5 Å². The predicted molar refractivity (Wildman–Crippen MR) is 149 cm³/mol. The van der Waals surface area contributed by atoms with Crippen LogP contribution in [0.4, 0.5) is 11.4 Å². The molecule has 5 rings (SSSR count). The van der Waals surface area contributed by atoms with Gasteiger partial charge in [-0.3, -0.25) is 19.4 Å². The zero-order valence-electron chi connectivity index (χ0n) is 21.5. The topological polar surface area (TPSA) is 91.3 Å². The summed E-state index contributed by atoms with van der Waals surface area (Å²) in [5.41, 5.74) is 3.42. The molecular formula is C29H32N4O4S. The number of hydrogen-bond donors (Lipinski definition) is 1. The SMILES string of the molecule is COc1cc(C(=O)N2CCN(CCc3ccccc3)CC2)ccc1NS(=O)(=O)c1cccc2c1N=CCC2. The number of methoxy groups -OCH3 is 1. The number of piperazine rings is 1. The molecule has 198 valence electrons. The van der Waals surface area contributed by atoms with Gasteiger partial charge in [-0.25, -0.2) is 8.42 Å². The molecule has 0 aliphatic carbocycles. The van der Waals surface area contributed by atoms with Gasteiger partial charge in [0.25, 0.3) is 15.9 Å². The number of anilines is 1. The van der Waals surface area contributed by atoms with Crippen LogP contribution < -0.4 is 9.46 Å². The number of nitrogens with zero attached hydrogens (tertiary/aromatic N) is 3. The third-order valence-electron chi connectivity index (χ3n) is 7.05. The zero-order valence-corrected chi connectivity index (χ0v) is 22.3. The number of fused-ring (bicyclic) bond motifs is 1. The molecule has 0 unspecified atom stereocenters. The summed E-state index contributed by atoms with van der Waals surface area (Å²) >= 11 is 0. The number of benzene rings is 3. The van der Waals surface area contributed by atoms with Gasteiger partial charge in [0, 0.05) is 44.5 Å². The number of aryl methyl sites for hydroxylation is 1. The summed E-state index contributed by atoms with van der Waals surface area (Å²) in [6.45, 7) is 3.88. The van der Waals surface area contributed by atoms with Crippen LogP contribution in [0.15, 0.2) is 76.6 Å². The summed E-state index contributed by atoms with van der Waals surface area (Å²) in [5, 5.41) is 0. The van der Waals surface area contributed by atoms with E-state index in [2.05, 4.69) is 38.9 Å². The molecule has 1 amide bonds. The first-order valence-electron chi connectivity index (χ1n) is 12.9. The van der Waals surface area contributed by atoms with E-state index in [9.17, 15) is 13.2 Å². The molecule has 1 saturated heterocycles. The monoisotopic (exact) mass is 532 g/mol. The lowest BCUT2D eigenvalue weighted by atomic mass is 10.1. The van der Waals surface area contributed by atoms with Crippen molar-refractivity contribution in [3.63, 3.8) is 0 Å². The third kappa shape index (κ3) is 5.74. The lowest BCUT2D eigenvalue weighted by Gasteiger charge is -2.34. The molecule has 8 nitrogen and oxygen atoms in total. The normalized spacial score (nSPS) is 15.7. The molecule has 2 heterocycles. The number of carbonyl (C=O) groups excluding carboxylic acids is 1. The second kappa shape index (κ2) is 11.4. The summed E-state index contributed by atoms with van der Waals surface area (Å²) in [5.74, 6) is 0.195. The molecule has 0 radical (unpaired) electrons. The minimum Gasteiger partial charge on any atom is -0.495 e. The summed E-state index contributed by atoms with van der Waals surface area (Å²) in [7, 11) is -2.46. The minimum atomic E-state index is -3.92. The highest BCUT2D eigenvalue weighted by atomic mass is 32.2. The molecule has 2 aliphatic rings. The van der Waals surface area contributed by atoms with Crippen molar-refractivity contribution in [2.24, 2.45) is 4.99 Å². The van der Waals surface area contributed by atoms with Crippen molar-refractivity contribution >= 4 is 33.5 Å². The van der Waals surface area contributed by atoms with E-state index in [0.29, 0.717) is 24.3 Å². The largest absolute Gasteiger partial charge is 0.495 e. The Kier molecular flexibility index (Phi) is 7.76. The fraction of sp³-hybridized carbons (Fsp3) is 0.310. The lowest BCUT2D eigenvalue weighted by Crippen LogP contribution is -2.49. The van der Waals surface area contributed by atoms with Crippen LogP contribution in [0.1, 0.15) is 27.9 Å². The molecule has 3 aromatic rings. The van der Waals surface area contributed by atoms with Gasteiger partial charge in [-0.2, -0.15) is 0 Å². The summed E-state index contributed by atoms with van der Waals surface area (Å²) in [6, 6.07) is 20.4. The van der Waals surface area contributed by atoms with Crippen molar-refractivity contribution in [3.05, 3.63) is 83.4 Å². The predicted octanol–water partition coefficient (Wildman–Crippen LogP) is 4.15. The van der Waals surface area contributed by atoms with Gasteiger partial charge in [0.05, 0.1) is 18.5 Å². The molecule has 0 saturated carbocycles. The average Bonchev–Trinajstić information content (AvgIpc) is 2.96. The van der Waals surface area contributed by atoms with E-state index in [4.69, 9.17) is 4.74 Å². The molecule has 0 aromatic heterocycles. The van der Waals surface area contributed by atoms with Crippen LogP contribution in [-0.2, 0) is 22.9 Å². The first-order valence-corrected chi connectivity index (χ1v) is 14.3. The van der Waals surface area contributed by atoms with E-state index in [-0.39, 0.29) is 22.2 Å². The Hall–Kier alpha value is -3.69. The Labute approximate surface area is 224 Å². The summed E-state index contributed by atoms with van der Waals surface area (Å²) in [4.78, 5) is 21.9. The van der Waals surface area contributed by atoms with Crippen LogP contribution >= 0.6 is 0 Å². The number of amides is 1. The van der Waals surface area contributed by atoms with Crippen molar-refractivity contribution in [1.29, 1.82) is 0 Å². The standard InChI is InChI=1S/C29H32N4O4S/c1-37-26-21-24(29(34)33-19-17-32(18-20-33)16-14-22-7-3-2-4-8-22)12-13-25(26)31-38(35,36)27-11-5-9-23-10-6-15-30-28(23)27/h2-5,7-9,11-13,15,21,31H,6,10,14,16-20H2,1H3. The molecule has 0 bridgehead atoms. The fourth-order valence-corrected chi connectivity index (χ4v) is 6.17. The van der Waals surface area contributed by atoms with Crippen molar-refractivity contribution in [1.82, 2.24) is 9.80 Å². The Morgan fingerprint density at radius 1 is 1.00 bits per heavy atom. The molecule has 0 atom stereocenters. The Morgan fingerprint density at radius 2 is 1.79 bits per heavy atom. The van der Waals surface area contributed by atoms with Crippen LogP contribution in [0, 0.1) is 0 Å². The molecule has 3 aromatic carbocycles. The van der Waals surface area contributed by atoms with Gasteiger partial charge < -0.3 is 9.64 Å². The molecule has 0 spiro atoms. The molecule has 1 N–H and O–H groups in total. The first-order chi connectivity index (χ1) is 18.4. The van der Waals surface area contributed by atoms with Crippen LogP contribution in [0.3, 0.4) is 0 Å². The van der Waals surface area contributed by atoms with Gasteiger partial charge in [0.1, 0.15) is 10.6 Å². The molecule has 38 heavy (non-hydrogen) atoms. The third-order valence-corrected chi connectivity index (χ3v) is 8.44. The maximum absolute atomic E-state index is 13.3. The number of aliphatic imine (C=N–C) groups is 1. The van der Waals surface area contributed by atoms with E-state index in [1.54, 1.807) is 36.5 Å². The van der Waals surface area contributed by atoms with Gasteiger partial charge in [0.15, 0.2) is 0 Å². The van der Waals surface area contributed by atoms with E-state index < -0.39 is 10.0 Å². The smallest absolute Gasteiger partial charge is 0.264 e. The number of rotatable bonds is 8. The number of hydrogen-bond acceptors (Lipinski definition) is 6. The summed E-state index contributed by atoms with van der Waals surface area (Å²) < 4.78 is 34.6. The molecule has 9 heteroatoms. The van der Waals surface area contributed by atoms with Crippen LogP contribution in [-0.4, -0.2) is 70.2 Å². The quantitative estimate of drug-likeness (QED) is 0.471. The van der Waals surface area contributed by atoms with Crippen molar-refractivity contribution in [2.45, 2.75) is 24.2 Å². The highest BCUT2D eigenvalue weighted by Gasteiger charge is 2.25. The van der Waals surface area contributed by atoms with E-state index >= 15 is 0 Å². The number of nitrogens with one attached hydrogen (secondary N) is 1.